The lowest BCUT2D eigenvalue weighted by Crippen LogP contribution is -2.43. The Hall–Kier alpha value is -3.46. The summed E-state index contributed by atoms with van der Waals surface area (Å²) in [7, 11) is -3.24. The van der Waals surface area contributed by atoms with Gasteiger partial charge < -0.3 is 40.4 Å². The number of hydrogen-bond donors (Lipinski definition) is 5. The van der Waals surface area contributed by atoms with Crippen molar-refractivity contribution in [2.24, 2.45) is 0 Å². The van der Waals surface area contributed by atoms with E-state index in [1.165, 1.54) is 17.2 Å². The third-order valence-corrected chi connectivity index (χ3v) is 8.13. The number of imidazole rings is 1. The fraction of sp³-hybridized carbons (Fsp3) is 0.458. The second-order valence-corrected chi connectivity index (χ2v) is 11.0. The summed E-state index contributed by atoms with van der Waals surface area (Å²) in [5.74, 6) is -0.928. The highest BCUT2D eigenvalue weighted by molar-refractivity contribution is 7.53. The van der Waals surface area contributed by atoms with Gasteiger partial charge in [-0.05, 0) is 31.5 Å². The number of amides is 2. The predicted octanol–water partition coefficient (Wildman–Crippen LogP) is 0.939. The maximum Gasteiger partial charge on any atom is 0.335 e. The monoisotopic (exact) mass is 577 g/mol. The molecule has 0 radical (unpaired) electrons. The number of aromatic nitrogens is 4. The molecule has 1 fully saturated rings. The van der Waals surface area contributed by atoms with Crippen molar-refractivity contribution in [1.29, 1.82) is 0 Å². The summed E-state index contributed by atoms with van der Waals surface area (Å²) in [5.41, 5.74) is 7.59. The van der Waals surface area contributed by atoms with E-state index >= 15 is 0 Å². The molecule has 1 aliphatic heterocycles. The predicted molar refractivity (Wildman–Crippen MR) is 143 cm³/mol. The number of nitrogens with zero attached hydrogens (tertiary/aromatic N) is 4. The topological polar surface area (TPSA) is 213 Å². The van der Waals surface area contributed by atoms with Crippen molar-refractivity contribution >= 4 is 42.1 Å². The van der Waals surface area contributed by atoms with Crippen molar-refractivity contribution in [3.63, 3.8) is 0 Å². The Labute approximate surface area is 229 Å². The largest absolute Gasteiger partial charge is 0.387 e. The van der Waals surface area contributed by atoms with Crippen LogP contribution in [0.5, 0.6) is 0 Å². The number of ether oxygens (including phenoxy) is 1. The number of carbonyl (C=O) groups is 2. The number of nitrogen functional groups attached to an aromatic ring is 1. The van der Waals surface area contributed by atoms with Gasteiger partial charge in [0.05, 0.1) is 25.7 Å². The van der Waals surface area contributed by atoms with Gasteiger partial charge in [0.1, 0.15) is 24.1 Å². The summed E-state index contributed by atoms with van der Waals surface area (Å²) in [5, 5.41) is 26.2. The van der Waals surface area contributed by atoms with Crippen LogP contribution < -0.4 is 16.4 Å². The first-order valence-corrected chi connectivity index (χ1v) is 14.4. The molecule has 2 aromatic heterocycles. The molecule has 3 heterocycles. The summed E-state index contributed by atoms with van der Waals surface area (Å²) in [6, 6.07) is 6.76. The Morgan fingerprint density at radius 1 is 1.10 bits per heavy atom. The zero-order valence-electron chi connectivity index (χ0n) is 22.0. The van der Waals surface area contributed by atoms with Crippen molar-refractivity contribution in [1.82, 2.24) is 24.8 Å². The average molecular weight is 578 g/mol. The van der Waals surface area contributed by atoms with E-state index in [4.69, 9.17) is 19.5 Å². The van der Waals surface area contributed by atoms with E-state index < -0.39 is 38.0 Å². The van der Waals surface area contributed by atoms with Crippen LogP contribution in [-0.4, -0.2) is 79.6 Å². The number of rotatable bonds is 12. The second kappa shape index (κ2) is 12.8. The molecule has 0 aliphatic carbocycles. The minimum absolute atomic E-state index is 0.0419. The molecule has 2 amide bonds. The fourth-order valence-electron chi connectivity index (χ4n) is 4.22. The lowest BCUT2D eigenvalue weighted by atomic mass is 10.1. The maximum atomic E-state index is 12.7. The van der Waals surface area contributed by atoms with Gasteiger partial charge in [-0.25, -0.2) is 15.0 Å². The minimum Gasteiger partial charge on any atom is -0.387 e. The number of aliphatic hydroxyl groups is 2. The normalized spacial score (nSPS) is 21.0. The Morgan fingerprint density at radius 3 is 2.48 bits per heavy atom. The summed E-state index contributed by atoms with van der Waals surface area (Å²) < 4.78 is 30.3. The summed E-state index contributed by atoms with van der Waals surface area (Å²) in [6.07, 6.45) is -2.93. The van der Waals surface area contributed by atoms with Crippen LogP contribution in [0.1, 0.15) is 32.1 Å². The van der Waals surface area contributed by atoms with Crippen molar-refractivity contribution in [3.8, 4) is 0 Å². The second-order valence-electron chi connectivity index (χ2n) is 8.90. The standard InChI is InChI=1S/C24H32N7O8P/c1-3-37-40(36,38-4-2)11-14-5-7-15(8-6-14)30-16(32)9-10-26-23(35)20-18(33)19(34)24(39-20)31-13-29-17-21(25)27-12-28-22(17)31/h5-8,12-13,18-20,24,33-34H,3-4,9-11H2,1-2H3,(H,26,35)(H,30,32)(H2,25,27,28)/t18-,19+,20+,24-/m1/s1. The zero-order chi connectivity index (χ0) is 28.9. The van der Waals surface area contributed by atoms with Crippen LogP contribution >= 0.6 is 7.60 Å². The highest BCUT2D eigenvalue weighted by Gasteiger charge is 2.47. The Morgan fingerprint density at radius 2 is 1.80 bits per heavy atom. The van der Waals surface area contributed by atoms with Crippen molar-refractivity contribution in [2.75, 3.05) is 30.8 Å². The van der Waals surface area contributed by atoms with E-state index in [0.717, 1.165) is 5.56 Å². The molecule has 3 aromatic rings. The molecule has 0 bridgehead atoms. The van der Waals surface area contributed by atoms with Crippen LogP contribution in [0.4, 0.5) is 11.5 Å². The molecule has 0 spiro atoms. The summed E-state index contributed by atoms with van der Waals surface area (Å²) >= 11 is 0. The number of hydrogen-bond acceptors (Lipinski definition) is 12. The minimum atomic E-state index is -3.24. The summed E-state index contributed by atoms with van der Waals surface area (Å²) in [4.78, 5) is 37.1. The zero-order valence-corrected chi connectivity index (χ0v) is 22.9. The molecule has 15 nitrogen and oxygen atoms in total. The number of fused-ring (bicyclic) bond motifs is 1. The van der Waals surface area contributed by atoms with Crippen molar-refractivity contribution in [3.05, 3.63) is 42.5 Å². The van der Waals surface area contributed by atoms with Crippen LogP contribution in [0.15, 0.2) is 36.9 Å². The molecule has 216 valence electrons. The molecule has 1 saturated heterocycles. The van der Waals surface area contributed by atoms with E-state index in [0.29, 0.717) is 5.69 Å². The van der Waals surface area contributed by atoms with Gasteiger partial charge in [0, 0.05) is 18.7 Å². The molecule has 16 heteroatoms. The van der Waals surface area contributed by atoms with E-state index in [1.54, 1.807) is 38.1 Å². The van der Waals surface area contributed by atoms with Gasteiger partial charge in [-0.3, -0.25) is 18.7 Å². The summed E-state index contributed by atoms with van der Waals surface area (Å²) in [6.45, 7) is 3.97. The number of nitrogens with one attached hydrogen (secondary N) is 2. The average Bonchev–Trinajstić information content (AvgIpc) is 3.47. The van der Waals surface area contributed by atoms with E-state index in [-0.39, 0.29) is 55.2 Å². The molecule has 4 rings (SSSR count). The highest BCUT2D eigenvalue weighted by Crippen LogP contribution is 2.51. The van der Waals surface area contributed by atoms with Gasteiger partial charge in [-0.2, -0.15) is 0 Å². The van der Waals surface area contributed by atoms with E-state index in [9.17, 15) is 24.4 Å². The van der Waals surface area contributed by atoms with Crippen molar-refractivity contribution < 1.29 is 38.2 Å². The molecule has 0 saturated carbocycles. The Kier molecular flexibility index (Phi) is 9.45. The Bertz CT molecular complexity index is 1380. The molecule has 4 atom stereocenters. The molecular formula is C24H32N7O8P. The van der Waals surface area contributed by atoms with Crippen LogP contribution in [-0.2, 0) is 34.1 Å². The number of aliphatic hydroxyl groups excluding tert-OH is 2. The van der Waals surface area contributed by atoms with Gasteiger partial charge >= 0.3 is 7.60 Å². The SMILES string of the molecule is CCOP(=O)(Cc1ccc(NC(=O)CCNC(=O)[C@H]2O[C@@H](n3cnc4c(N)ncnc43)[C@@H](O)[C@H]2O)cc1)OCC. The third kappa shape index (κ3) is 6.63. The first kappa shape index (κ1) is 29.5. The molecule has 1 aliphatic rings. The maximum absolute atomic E-state index is 12.7. The number of nitrogens with two attached hydrogens (primary N) is 1. The van der Waals surface area contributed by atoms with Gasteiger partial charge in [0.25, 0.3) is 5.91 Å². The number of anilines is 2. The molecule has 6 N–H and O–H groups in total. The van der Waals surface area contributed by atoms with Gasteiger partial charge in [-0.1, -0.05) is 12.1 Å². The van der Waals surface area contributed by atoms with Crippen LogP contribution in [0, 0.1) is 0 Å². The lowest BCUT2D eigenvalue weighted by Gasteiger charge is -2.17. The number of carbonyl (C=O) groups excluding carboxylic acids is 2. The van der Waals surface area contributed by atoms with Crippen LogP contribution in [0.3, 0.4) is 0 Å². The van der Waals surface area contributed by atoms with Crippen molar-refractivity contribution in [2.45, 2.75) is 51.0 Å². The number of benzene rings is 1. The molecule has 1 aromatic carbocycles. The van der Waals surface area contributed by atoms with Gasteiger partial charge in [-0.15, -0.1) is 0 Å². The smallest absolute Gasteiger partial charge is 0.335 e. The first-order valence-electron chi connectivity index (χ1n) is 12.6. The fourth-order valence-corrected chi connectivity index (χ4v) is 5.93. The third-order valence-electron chi connectivity index (χ3n) is 6.07. The van der Waals surface area contributed by atoms with Gasteiger partial charge in [0.2, 0.25) is 5.91 Å². The van der Waals surface area contributed by atoms with Gasteiger partial charge in [0.15, 0.2) is 23.8 Å². The quantitative estimate of drug-likeness (QED) is 0.190. The molecule has 0 unspecified atom stereocenters. The Balaban J connectivity index is 1.27. The van der Waals surface area contributed by atoms with E-state index in [1.807, 2.05) is 0 Å². The first-order chi connectivity index (χ1) is 19.2. The molecular weight excluding hydrogens is 545 g/mol. The van der Waals surface area contributed by atoms with Crippen LogP contribution in [0.2, 0.25) is 0 Å². The lowest BCUT2D eigenvalue weighted by molar-refractivity contribution is -0.137. The molecule has 40 heavy (non-hydrogen) atoms. The van der Waals surface area contributed by atoms with E-state index in [2.05, 4.69) is 25.6 Å². The highest BCUT2D eigenvalue weighted by atomic mass is 31.2. The van der Waals surface area contributed by atoms with Crippen LogP contribution in [0.25, 0.3) is 11.2 Å².